The Bertz CT molecular complexity index is 343. The molecule has 2 rings (SSSR count). The lowest BCUT2D eigenvalue weighted by molar-refractivity contribution is -0.139. The minimum absolute atomic E-state index is 0.250. The number of hydrogen-bond donors (Lipinski definition) is 0. The second-order valence-corrected chi connectivity index (χ2v) is 4.96. The first kappa shape index (κ1) is 13.2. The topological polar surface area (TPSA) is 43.9 Å². The first-order chi connectivity index (χ1) is 8.43. The van der Waals surface area contributed by atoms with E-state index in [9.17, 15) is 18.4 Å². The Morgan fingerprint density at radius 3 is 2.33 bits per heavy atom. The number of amides is 2. The SMILES string of the molecule is CN1CC(F)(F)CC1C(=O)N1CCN(C=O)CC1. The van der Waals surface area contributed by atoms with Crippen molar-refractivity contribution in [1.82, 2.24) is 14.7 Å². The zero-order chi connectivity index (χ0) is 13.3. The molecule has 0 aromatic rings. The van der Waals surface area contributed by atoms with Crippen molar-refractivity contribution in [1.29, 1.82) is 0 Å². The fraction of sp³-hybridized carbons (Fsp3) is 0.818. The number of nitrogens with zero attached hydrogens (tertiary/aromatic N) is 3. The van der Waals surface area contributed by atoms with Crippen LogP contribution in [0.5, 0.6) is 0 Å². The molecule has 2 fully saturated rings. The van der Waals surface area contributed by atoms with Crippen molar-refractivity contribution in [2.24, 2.45) is 0 Å². The van der Waals surface area contributed by atoms with Gasteiger partial charge in [0.1, 0.15) is 0 Å². The fourth-order valence-electron chi connectivity index (χ4n) is 2.51. The van der Waals surface area contributed by atoms with Gasteiger partial charge in [0.2, 0.25) is 12.3 Å². The molecule has 0 N–H and O–H groups in total. The predicted molar refractivity (Wildman–Crippen MR) is 60.2 cm³/mol. The Balaban J connectivity index is 1.94. The molecule has 2 aliphatic rings. The van der Waals surface area contributed by atoms with E-state index in [2.05, 4.69) is 0 Å². The summed E-state index contributed by atoms with van der Waals surface area (Å²) < 4.78 is 26.4. The summed E-state index contributed by atoms with van der Waals surface area (Å²) in [5, 5.41) is 0. The third-order valence-electron chi connectivity index (χ3n) is 3.56. The van der Waals surface area contributed by atoms with Crippen LogP contribution in [0.4, 0.5) is 8.78 Å². The van der Waals surface area contributed by atoms with E-state index >= 15 is 0 Å². The third-order valence-corrected chi connectivity index (χ3v) is 3.56. The van der Waals surface area contributed by atoms with Gasteiger partial charge in [-0.2, -0.15) is 0 Å². The summed E-state index contributed by atoms with van der Waals surface area (Å²) in [6, 6.07) is -0.734. The molecular weight excluding hydrogens is 244 g/mol. The van der Waals surface area contributed by atoms with Crippen LogP contribution in [-0.4, -0.2) is 78.8 Å². The number of likely N-dealkylation sites (tertiary alicyclic amines) is 1. The lowest BCUT2D eigenvalue weighted by Crippen LogP contribution is -2.52. The van der Waals surface area contributed by atoms with E-state index in [1.807, 2.05) is 0 Å². The molecule has 1 atom stereocenters. The molecule has 0 aromatic heterocycles. The van der Waals surface area contributed by atoms with Gasteiger partial charge in [-0.05, 0) is 7.05 Å². The Labute approximate surface area is 104 Å². The average Bonchev–Trinajstić information content (AvgIpc) is 2.62. The third kappa shape index (κ3) is 2.60. The van der Waals surface area contributed by atoms with Crippen LogP contribution < -0.4 is 0 Å². The van der Waals surface area contributed by atoms with Crippen LogP contribution in [0, 0.1) is 0 Å². The maximum absolute atomic E-state index is 13.2. The summed E-state index contributed by atoms with van der Waals surface area (Å²) in [7, 11) is 1.55. The van der Waals surface area contributed by atoms with Gasteiger partial charge in [-0.25, -0.2) is 8.78 Å². The summed E-state index contributed by atoms with van der Waals surface area (Å²) >= 11 is 0. The number of piperazine rings is 1. The molecule has 0 aromatic carbocycles. The van der Waals surface area contributed by atoms with Gasteiger partial charge in [0.05, 0.1) is 12.6 Å². The highest BCUT2D eigenvalue weighted by molar-refractivity contribution is 5.82. The van der Waals surface area contributed by atoms with Gasteiger partial charge in [-0.1, -0.05) is 0 Å². The highest BCUT2D eigenvalue weighted by Crippen LogP contribution is 2.31. The van der Waals surface area contributed by atoms with Gasteiger partial charge in [-0.3, -0.25) is 14.5 Å². The van der Waals surface area contributed by atoms with Crippen molar-refractivity contribution < 1.29 is 18.4 Å². The van der Waals surface area contributed by atoms with E-state index in [0.717, 1.165) is 6.41 Å². The Morgan fingerprint density at radius 2 is 1.89 bits per heavy atom. The van der Waals surface area contributed by atoms with E-state index < -0.39 is 18.4 Å². The van der Waals surface area contributed by atoms with E-state index in [1.165, 1.54) is 4.90 Å². The number of hydrogen-bond acceptors (Lipinski definition) is 3. The monoisotopic (exact) mass is 261 g/mol. The summed E-state index contributed by atoms with van der Waals surface area (Å²) in [4.78, 5) is 27.2. The molecule has 102 valence electrons. The van der Waals surface area contributed by atoms with E-state index in [-0.39, 0.29) is 12.5 Å². The number of carbonyl (C=O) groups excluding carboxylic acids is 2. The lowest BCUT2D eigenvalue weighted by Gasteiger charge is -2.35. The van der Waals surface area contributed by atoms with E-state index in [4.69, 9.17) is 0 Å². The summed E-state index contributed by atoms with van der Waals surface area (Å²) in [5.41, 5.74) is 0. The molecule has 7 heteroatoms. The van der Waals surface area contributed by atoms with Crippen LogP contribution in [0.2, 0.25) is 0 Å². The molecule has 5 nitrogen and oxygen atoms in total. The van der Waals surface area contributed by atoms with Crippen molar-refractivity contribution in [2.75, 3.05) is 39.8 Å². The molecule has 0 saturated carbocycles. The van der Waals surface area contributed by atoms with Gasteiger partial charge in [0.15, 0.2) is 0 Å². The van der Waals surface area contributed by atoms with E-state index in [0.29, 0.717) is 26.2 Å². The second-order valence-electron chi connectivity index (χ2n) is 4.96. The molecule has 2 heterocycles. The number of alkyl halides is 2. The number of halogens is 2. The number of rotatable bonds is 2. The quantitative estimate of drug-likeness (QED) is 0.637. The minimum atomic E-state index is -2.78. The minimum Gasteiger partial charge on any atom is -0.342 e. The molecule has 0 spiro atoms. The van der Waals surface area contributed by atoms with Crippen molar-refractivity contribution in [2.45, 2.75) is 18.4 Å². The molecule has 2 saturated heterocycles. The molecule has 0 bridgehead atoms. The maximum atomic E-state index is 13.2. The largest absolute Gasteiger partial charge is 0.342 e. The van der Waals surface area contributed by atoms with Crippen LogP contribution >= 0.6 is 0 Å². The molecule has 0 radical (unpaired) electrons. The first-order valence-electron chi connectivity index (χ1n) is 5.99. The first-order valence-corrected chi connectivity index (χ1v) is 5.99. The fourth-order valence-corrected chi connectivity index (χ4v) is 2.51. The Hall–Kier alpha value is -1.24. The molecule has 18 heavy (non-hydrogen) atoms. The Morgan fingerprint density at radius 1 is 1.28 bits per heavy atom. The summed E-state index contributed by atoms with van der Waals surface area (Å²) in [6.07, 6.45) is 0.341. The molecular formula is C11H17F2N3O2. The smallest absolute Gasteiger partial charge is 0.262 e. The van der Waals surface area contributed by atoms with Crippen LogP contribution in [-0.2, 0) is 9.59 Å². The second kappa shape index (κ2) is 4.79. The lowest BCUT2D eigenvalue weighted by atomic mass is 10.1. The average molecular weight is 261 g/mol. The van der Waals surface area contributed by atoms with Crippen LogP contribution in [0.25, 0.3) is 0 Å². The number of likely N-dealkylation sites (N-methyl/N-ethyl adjacent to an activating group) is 1. The van der Waals surface area contributed by atoms with Crippen molar-refractivity contribution in [3.8, 4) is 0 Å². The summed E-state index contributed by atoms with van der Waals surface area (Å²) in [5.74, 6) is -3.03. The van der Waals surface area contributed by atoms with Crippen LogP contribution in [0.1, 0.15) is 6.42 Å². The highest BCUT2D eigenvalue weighted by atomic mass is 19.3. The van der Waals surface area contributed by atoms with E-state index in [1.54, 1.807) is 16.8 Å². The van der Waals surface area contributed by atoms with Gasteiger partial charge in [0, 0.05) is 32.6 Å². The maximum Gasteiger partial charge on any atom is 0.262 e. The van der Waals surface area contributed by atoms with Crippen LogP contribution in [0.15, 0.2) is 0 Å². The zero-order valence-electron chi connectivity index (χ0n) is 10.3. The van der Waals surface area contributed by atoms with Crippen LogP contribution in [0.3, 0.4) is 0 Å². The van der Waals surface area contributed by atoms with Gasteiger partial charge in [-0.15, -0.1) is 0 Å². The normalized spacial score (nSPS) is 28.5. The molecule has 2 aliphatic heterocycles. The van der Waals surface area contributed by atoms with Gasteiger partial charge < -0.3 is 9.80 Å². The predicted octanol–water partition coefficient (Wildman–Crippen LogP) is -0.374. The van der Waals surface area contributed by atoms with Crippen molar-refractivity contribution in [3.63, 3.8) is 0 Å². The molecule has 1 unspecified atom stereocenters. The summed E-state index contributed by atoms with van der Waals surface area (Å²) in [6.45, 7) is 1.43. The van der Waals surface area contributed by atoms with Gasteiger partial charge in [0.25, 0.3) is 5.92 Å². The highest BCUT2D eigenvalue weighted by Gasteiger charge is 2.47. The van der Waals surface area contributed by atoms with Crippen molar-refractivity contribution in [3.05, 3.63) is 0 Å². The Kier molecular flexibility index (Phi) is 3.52. The molecule has 0 aliphatic carbocycles. The standard InChI is InChI=1S/C11H17F2N3O2/c1-14-7-11(12,13)6-9(14)10(18)16-4-2-15(8-17)3-5-16/h8-9H,2-7H2,1H3. The zero-order valence-corrected chi connectivity index (χ0v) is 10.3. The molecule has 2 amide bonds. The van der Waals surface area contributed by atoms with Gasteiger partial charge >= 0.3 is 0 Å². The van der Waals surface area contributed by atoms with Crippen molar-refractivity contribution >= 4 is 12.3 Å². The number of carbonyl (C=O) groups is 2.